The van der Waals surface area contributed by atoms with Crippen LogP contribution in [0.4, 0.5) is 0 Å². The molecule has 0 amide bonds. The Morgan fingerprint density at radius 2 is 1.96 bits per heavy atom. The van der Waals surface area contributed by atoms with Gasteiger partial charge in [-0.2, -0.15) is 0 Å². The summed E-state index contributed by atoms with van der Waals surface area (Å²) in [6.45, 7) is 9.00. The van der Waals surface area contributed by atoms with Gasteiger partial charge in [0.15, 0.2) is 6.29 Å². The Balaban J connectivity index is 1.64. The normalized spacial score (nSPS) is 17.6. The number of hydrogen-bond acceptors (Lipinski definition) is 2. The smallest absolute Gasteiger partial charge is 0.158 e. The minimum Gasteiger partial charge on any atom is -0.353 e. The van der Waals surface area contributed by atoms with E-state index in [0.29, 0.717) is 0 Å². The molecule has 0 radical (unpaired) electrons. The molecule has 2 aromatic carbocycles. The third kappa shape index (κ3) is 5.54. The maximum atomic E-state index is 6.37. The second-order valence-corrected chi connectivity index (χ2v) is 7.88. The van der Waals surface area contributed by atoms with Gasteiger partial charge in [-0.25, -0.2) is 0 Å². The Labute approximate surface area is 164 Å². The van der Waals surface area contributed by atoms with E-state index in [2.05, 4.69) is 69.0 Å². The highest BCUT2D eigenvalue weighted by Gasteiger charge is 2.29. The van der Waals surface area contributed by atoms with E-state index in [-0.39, 0.29) is 11.9 Å². The summed E-state index contributed by atoms with van der Waals surface area (Å²) in [4.78, 5) is 0. The summed E-state index contributed by atoms with van der Waals surface area (Å²) in [7, 11) is 0. The minimum atomic E-state index is -0.346. The summed E-state index contributed by atoms with van der Waals surface area (Å²) in [5, 5.41) is 0. The van der Waals surface area contributed by atoms with Crippen LogP contribution in [0.3, 0.4) is 0 Å². The van der Waals surface area contributed by atoms with Crippen molar-refractivity contribution in [1.82, 2.24) is 0 Å². The molecule has 0 saturated carbocycles. The Morgan fingerprint density at radius 3 is 2.74 bits per heavy atom. The van der Waals surface area contributed by atoms with E-state index in [4.69, 9.17) is 9.47 Å². The van der Waals surface area contributed by atoms with Crippen molar-refractivity contribution in [2.45, 2.75) is 64.3 Å². The van der Waals surface area contributed by atoms with E-state index in [1.54, 1.807) is 0 Å². The molecular weight excluding hydrogens is 332 g/mol. The maximum Gasteiger partial charge on any atom is 0.158 e. The molecule has 1 aliphatic rings. The van der Waals surface area contributed by atoms with Crippen molar-refractivity contribution in [3.05, 3.63) is 77.4 Å². The molecule has 2 aromatic rings. The molecule has 1 saturated heterocycles. The Morgan fingerprint density at radius 1 is 1.11 bits per heavy atom. The lowest BCUT2D eigenvalue weighted by atomic mass is 9.90. The second kappa shape index (κ2) is 9.34. The Kier molecular flexibility index (Phi) is 6.87. The molecule has 1 unspecified atom stereocenters. The second-order valence-electron chi connectivity index (χ2n) is 7.88. The minimum absolute atomic E-state index is 0.0801. The standard InChI is InChI=1S/C25H32O2/c1-4-20-11-9-12-21(19-20)13-10-15-22-14-5-6-16-23(22)25(2,3)27-24-17-7-8-18-26-24/h4-6,9,11-12,14,16,19,24H,1,7-8,10,13,15,17-18H2,2-3H3. The van der Waals surface area contributed by atoms with Crippen molar-refractivity contribution in [2.75, 3.05) is 6.61 Å². The van der Waals surface area contributed by atoms with Gasteiger partial charge in [0.1, 0.15) is 0 Å². The van der Waals surface area contributed by atoms with E-state index < -0.39 is 0 Å². The van der Waals surface area contributed by atoms with Crippen LogP contribution < -0.4 is 0 Å². The third-order valence-electron chi connectivity index (χ3n) is 5.33. The highest BCUT2D eigenvalue weighted by molar-refractivity contribution is 5.47. The zero-order valence-electron chi connectivity index (χ0n) is 16.7. The quantitative estimate of drug-likeness (QED) is 0.548. The molecule has 1 heterocycles. The van der Waals surface area contributed by atoms with Gasteiger partial charge >= 0.3 is 0 Å². The summed E-state index contributed by atoms with van der Waals surface area (Å²) >= 11 is 0. The molecule has 0 spiro atoms. The molecule has 1 fully saturated rings. The van der Waals surface area contributed by atoms with E-state index >= 15 is 0 Å². The number of aryl methyl sites for hydroxylation is 2. The molecule has 0 N–H and O–H groups in total. The predicted octanol–water partition coefficient (Wildman–Crippen LogP) is 6.28. The lowest BCUT2D eigenvalue weighted by Crippen LogP contribution is -2.33. The fraction of sp³-hybridized carbons (Fsp3) is 0.440. The van der Waals surface area contributed by atoms with Gasteiger partial charge in [0.05, 0.1) is 5.60 Å². The first-order valence-corrected chi connectivity index (χ1v) is 10.2. The molecule has 27 heavy (non-hydrogen) atoms. The van der Waals surface area contributed by atoms with Crippen LogP contribution in [0.25, 0.3) is 6.08 Å². The molecule has 0 bridgehead atoms. The summed E-state index contributed by atoms with van der Waals surface area (Å²) in [6, 6.07) is 17.3. The predicted molar refractivity (Wildman–Crippen MR) is 113 cm³/mol. The molecule has 2 heteroatoms. The van der Waals surface area contributed by atoms with Gasteiger partial charge in [0.2, 0.25) is 0 Å². The van der Waals surface area contributed by atoms with Gasteiger partial charge in [-0.1, -0.05) is 61.2 Å². The molecule has 1 atom stereocenters. The van der Waals surface area contributed by atoms with Crippen LogP contribution in [0.1, 0.15) is 61.8 Å². The van der Waals surface area contributed by atoms with E-state index in [9.17, 15) is 0 Å². The SMILES string of the molecule is C=Cc1cccc(CCCc2ccccc2C(C)(C)OC2CCCCO2)c1. The largest absolute Gasteiger partial charge is 0.353 e. The van der Waals surface area contributed by atoms with Crippen LogP contribution in [-0.4, -0.2) is 12.9 Å². The molecule has 144 valence electrons. The lowest BCUT2D eigenvalue weighted by molar-refractivity contribution is -0.219. The van der Waals surface area contributed by atoms with Gasteiger partial charge in [-0.15, -0.1) is 0 Å². The fourth-order valence-electron chi connectivity index (χ4n) is 3.88. The van der Waals surface area contributed by atoms with E-state index in [0.717, 1.165) is 38.7 Å². The highest BCUT2D eigenvalue weighted by Crippen LogP contribution is 2.32. The number of rotatable bonds is 8. The molecule has 1 aliphatic heterocycles. The highest BCUT2D eigenvalue weighted by atomic mass is 16.7. The van der Waals surface area contributed by atoms with Crippen LogP contribution in [0.15, 0.2) is 55.1 Å². The molecular formula is C25H32O2. The molecule has 2 nitrogen and oxygen atoms in total. The number of benzene rings is 2. The summed E-state index contributed by atoms with van der Waals surface area (Å²) in [5.74, 6) is 0. The Hall–Kier alpha value is -1.90. The van der Waals surface area contributed by atoms with Gasteiger partial charge in [0, 0.05) is 6.61 Å². The monoisotopic (exact) mass is 364 g/mol. The van der Waals surface area contributed by atoms with Crippen molar-refractivity contribution in [3.63, 3.8) is 0 Å². The molecule has 0 aliphatic carbocycles. The van der Waals surface area contributed by atoms with Crippen molar-refractivity contribution < 1.29 is 9.47 Å². The third-order valence-corrected chi connectivity index (χ3v) is 5.33. The van der Waals surface area contributed by atoms with Crippen LogP contribution >= 0.6 is 0 Å². The van der Waals surface area contributed by atoms with Gasteiger partial charge in [-0.05, 0) is 74.6 Å². The first-order chi connectivity index (χ1) is 13.1. The lowest BCUT2D eigenvalue weighted by Gasteiger charge is -2.34. The van der Waals surface area contributed by atoms with Gasteiger partial charge in [0.25, 0.3) is 0 Å². The topological polar surface area (TPSA) is 18.5 Å². The average Bonchev–Trinajstić information content (AvgIpc) is 2.69. The summed E-state index contributed by atoms with van der Waals surface area (Å²) in [5.41, 5.74) is 4.87. The molecule has 3 rings (SSSR count). The zero-order chi connectivity index (χ0) is 19.1. The Bertz CT molecular complexity index is 741. The van der Waals surface area contributed by atoms with E-state index in [1.807, 2.05) is 6.08 Å². The van der Waals surface area contributed by atoms with Gasteiger partial charge in [-0.3, -0.25) is 0 Å². The first kappa shape index (κ1) is 19.9. The fourth-order valence-corrected chi connectivity index (χ4v) is 3.88. The van der Waals surface area contributed by atoms with Crippen molar-refractivity contribution >= 4 is 6.08 Å². The van der Waals surface area contributed by atoms with Crippen molar-refractivity contribution in [3.8, 4) is 0 Å². The van der Waals surface area contributed by atoms with Crippen molar-refractivity contribution in [1.29, 1.82) is 0 Å². The van der Waals surface area contributed by atoms with Crippen LogP contribution in [0.2, 0.25) is 0 Å². The van der Waals surface area contributed by atoms with Crippen molar-refractivity contribution in [2.24, 2.45) is 0 Å². The van der Waals surface area contributed by atoms with Crippen LogP contribution in [0, 0.1) is 0 Å². The zero-order valence-corrected chi connectivity index (χ0v) is 16.7. The van der Waals surface area contributed by atoms with E-state index in [1.165, 1.54) is 28.7 Å². The number of hydrogen-bond donors (Lipinski definition) is 0. The van der Waals surface area contributed by atoms with Crippen LogP contribution in [-0.2, 0) is 27.9 Å². The van der Waals surface area contributed by atoms with Crippen LogP contribution in [0.5, 0.6) is 0 Å². The molecule has 0 aromatic heterocycles. The average molecular weight is 365 g/mol. The maximum absolute atomic E-state index is 6.37. The number of ether oxygens (including phenoxy) is 2. The van der Waals surface area contributed by atoms with Gasteiger partial charge < -0.3 is 9.47 Å². The summed E-state index contributed by atoms with van der Waals surface area (Å²) in [6.07, 6.45) is 8.39. The first-order valence-electron chi connectivity index (χ1n) is 10.2. The summed E-state index contributed by atoms with van der Waals surface area (Å²) < 4.78 is 12.2.